The zero-order chi connectivity index (χ0) is 20.9. The highest BCUT2D eigenvalue weighted by atomic mass is 19.1. The molecule has 1 amide bonds. The topological polar surface area (TPSA) is 55.3 Å². The van der Waals surface area contributed by atoms with Crippen LogP contribution in [0.15, 0.2) is 60.9 Å². The minimum absolute atomic E-state index is 0.0621. The zero-order valence-corrected chi connectivity index (χ0v) is 16.9. The molecule has 0 N–H and O–H groups in total. The van der Waals surface area contributed by atoms with Crippen LogP contribution < -0.4 is 4.74 Å². The van der Waals surface area contributed by atoms with E-state index in [9.17, 15) is 9.18 Å². The molecular weight excluding hydrogens is 381 g/mol. The molecule has 0 bridgehead atoms. The van der Waals surface area contributed by atoms with E-state index < -0.39 is 0 Å². The van der Waals surface area contributed by atoms with Gasteiger partial charge in [0.05, 0.1) is 17.6 Å². The molecule has 3 aromatic rings. The van der Waals surface area contributed by atoms with Gasteiger partial charge >= 0.3 is 0 Å². The Morgan fingerprint density at radius 3 is 2.83 bits per heavy atom. The molecule has 4 rings (SSSR count). The lowest BCUT2D eigenvalue weighted by Gasteiger charge is -2.32. The number of hydrogen-bond donors (Lipinski definition) is 0. The van der Waals surface area contributed by atoms with E-state index in [1.54, 1.807) is 12.4 Å². The summed E-state index contributed by atoms with van der Waals surface area (Å²) in [6.45, 7) is 3.29. The Balaban J connectivity index is 1.41. The van der Waals surface area contributed by atoms with Gasteiger partial charge in [0.2, 0.25) is 0 Å². The van der Waals surface area contributed by atoms with Gasteiger partial charge in [-0.15, -0.1) is 0 Å². The first-order chi connectivity index (χ1) is 14.6. The molecule has 154 valence electrons. The lowest BCUT2D eigenvalue weighted by molar-refractivity contribution is -0.134. The second kappa shape index (κ2) is 9.03. The standard InChI is InChI=1S/C24H24FN3O2/c1-17-4-2-5-18(12-17)22-13-26-14-23(27-22)19-6-3-11-28(15-19)24(29)16-30-21-9-7-20(25)8-10-21/h2,4-5,7-10,12-14,19H,3,6,11,15-16H2,1H3/t19-/m0/s1. The normalized spacial score (nSPS) is 16.3. The molecule has 1 aliphatic heterocycles. The number of halogens is 1. The summed E-state index contributed by atoms with van der Waals surface area (Å²) in [5.41, 5.74) is 3.97. The lowest BCUT2D eigenvalue weighted by Crippen LogP contribution is -2.41. The van der Waals surface area contributed by atoms with Gasteiger partial charge in [-0.2, -0.15) is 0 Å². The first-order valence-corrected chi connectivity index (χ1v) is 10.1. The van der Waals surface area contributed by atoms with Gasteiger partial charge in [0.1, 0.15) is 11.6 Å². The van der Waals surface area contributed by atoms with Crippen molar-refractivity contribution in [3.8, 4) is 17.0 Å². The van der Waals surface area contributed by atoms with Gasteiger partial charge in [0.25, 0.3) is 5.91 Å². The van der Waals surface area contributed by atoms with Gasteiger partial charge in [0.15, 0.2) is 6.61 Å². The van der Waals surface area contributed by atoms with Crippen molar-refractivity contribution in [3.63, 3.8) is 0 Å². The Labute approximate surface area is 175 Å². The van der Waals surface area contributed by atoms with Crippen molar-refractivity contribution < 1.29 is 13.9 Å². The molecule has 1 saturated heterocycles. The Morgan fingerprint density at radius 2 is 2.03 bits per heavy atom. The van der Waals surface area contributed by atoms with E-state index in [-0.39, 0.29) is 24.2 Å². The molecule has 1 atom stereocenters. The number of ether oxygens (including phenoxy) is 1. The van der Waals surface area contributed by atoms with Crippen LogP contribution in [0, 0.1) is 12.7 Å². The fourth-order valence-electron chi connectivity index (χ4n) is 3.73. The molecule has 0 saturated carbocycles. The molecule has 0 radical (unpaired) electrons. The van der Waals surface area contributed by atoms with Gasteiger partial charge in [-0.3, -0.25) is 9.78 Å². The molecular formula is C24H24FN3O2. The highest BCUT2D eigenvalue weighted by molar-refractivity contribution is 5.78. The van der Waals surface area contributed by atoms with Crippen molar-refractivity contribution in [1.29, 1.82) is 0 Å². The zero-order valence-electron chi connectivity index (χ0n) is 16.9. The van der Waals surface area contributed by atoms with Crippen molar-refractivity contribution >= 4 is 5.91 Å². The van der Waals surface area contributed by atoms with E-state index in [1.165, 1.54) is 29.8 Å². The van der Waals surface area contributed by atoms with Crippen LogP contribution in [0.3, 0.4) is 0 Å². The predicted octanol–water partition coefficient (Wildman–Crippen LogP) is 4.38. The van der Waals surface area contributed by atoms with E-state index in [0.717, 1.165) is 29.8 Å². The number of piperidine rings is 1. The first kappa shape index (κ1) is 20.0. The van der Waals surface area contributed by atoms with Crippen molar-refractivity contribution in [1.82, 2.24) is 14.9 Å². The number of aryl methyl sites for hydroxylation is 1. The van der Waals surface area contributed by atoms with E-state index in [1.807, 2.05) is 17.0 Å². The van der Waals surface area contributed by atoms with Crippen LogP contribution in [0.2, 0.25) is 0 Å². The van der Waals surface area contributed by atoms with Crippen LogP contribution in [0.4, 0.5) is 4.39 Å². The Kier molecular flexibility index (Phi) is 6.02. The maximum atomic E-state index is 13.0. The molecule has 0 aliphatic carbocycles. The van der Waals surface area contributed by atoms with Gasteiger partial charge in [0, 0.05) is 30.8 Å². The van der Waals surface area contributed by atoms with E-state index in [0.29, 0.717) is 18.8 Å². The number of aromatic nitrogens is 2. The number of carbonyl (C=O) groups excluding carboxylic acids is 1. The molecule has 1 aliphatic rings. The van der Waals surface area contributed by atoms with Crippen LogP contribution in [-0.2, 0) is 4.79 Å². The Bertz CT molecular complexity index is 1020. The number of likely N-dealkylation sites (tertiary alicyclic amines) is 1. The average Bonchev–Trinajstić information content (AvgIpc) is 2.79. The number of benzene rings is 2. The molecule has 6 heteroatoms. The van der Waals surface area contributed by atoms with Gasteiger partial charge < -0.3 is 9.64 Å². The van der Waals surface area contributed by atoms with Crippen LogP contribution in [-0.4, -0.2) is 40.5 Å². The lowest BCUT2D eigenvalue weighted by atomic mass is 9.94. The van der Waals surface area contributed by atoms with Crippen LogP contribution >= 0.6 is 0 Å². The third kappa shape index (κ3) is 4.82. The van der Waals surface area contributed by atoms with Crippen molar-refractivity contribution in [2.24, 2.45) is 0 Å². The van der Waals surface area contributed by atoms with E-state index in [4.69, 9.17) is 9.72 Å². The maximum absolute atomic E-state index is 13.0. The molecule has 2 aromatic carbocycles. The second-order valence-corrected chi connectivity index (χ2v) is 7.62. The molecule has 30 heavy (non-hydrogen) atoms. The minimum atomic E-state index is -0.332. The number of rotatable bonds is 5. The number of carbonyl (C=O) groups is 1. The fourth-order valence-corrected chi connectivity index (χ4v) is 3.73. The van der Waals surface area contributed by atoms with Crippen molar-refractivity contribution in [2.75, 3.05) is 19.7 Å². The summed E-state index contributed by atoms with van der Waals surface area (Å²) in [7, 11) is 0. The largest absolute Gasteiger partial charge is 0.484 e. The summed E-state index contributed by atoms with van der Waals surface area (Å²) in [5, 5.41) is 0. The smallest absolute Gasteiger partial charge is 0.260 e. The molecule has 1 aromatic heterocycles. The number of hydrogen-bond acceptors (Lipinski definition) is 4. The second-order valence-electron chi connectivity index (χ2n) is 7.62. The summed E-state index contributed by atoms with van der Waals surface area (Å²) in [5.74, 6) is 0.217. The third-order valence-electron chi connectivity index (χ3n) is 5.34. The van der Waals surface area contributed by atoms with E-state index in [2.05, 4.69) is 24.0 Å². The molecule has 0 unspecified atom stereocenters. The summed E-state index contributed by atoms with van der Waals surface area (Å²) >= 11 is 0. The van der Waals surface area contributed by atoms with Crippen LogP contribution in [0.25, 0.3) is 11.3 Å². The van der Waals surface area contributed by atoms with Gasteiger partial charge in [-0.05, 0) is 50.1 Å². The summed E-state index contributed by atoms with van der Waals surface area (Å²) in [4.78, 5) is 23.7. The highest BCUT2D eigenvalue weighted by Crippen LogP contribution is 2.27. The van der Waals surface area contributed by atoms with Gasteiger partial charge in [-0.1, -0.05) is 23.8 Å². The fraction of sp³-hybridized carbons (Fsp3) is 0.292. The molecule has 0 spiro atoms. The average molecular weight is 405 g/mol. The van der Waals surface area contributed by atoms with Crippen molar-refractivity contribution in [3.05, 3.63) is 78.0 Å². The first-order valence-electron chi connectivity index (χ1n) is 10.1. The monoisotopic (exact) mass is 405 g/mol. The van der Waals surface area contributed by atoms with Gasteiger partial charge in [-0.25, -0.2) is 9.37 Å². The van der Waals surface area contributed by atoms with E-state index >= 15 is 0 Å². The summed E-state index contributed by atoms with van der Waals surface area (Å²) < 4.78 is 18.5. The van der Waals surface area contributed by atoms with Crippen LogP contribution in [0.1, 0.15) is 30.0 Å². The number of amides is 1. The highest BCUT2D eigenvalue weighted by Gasteiger charge is 2.26. The molecule has 1 fully saturated rings. The number of nitrogens with zero attached hydrogens (tertiary/aromatic N) is 3. The van der Waals surface area contributed by atoms with Crippen LogP contribution in [0.5, 0.6) is 5.75 Å². The Morgan fingerprint density at radius 1 is 1.20 bits per heavy atom. The molecule has 2 heterocycles. The summed E-state index contributed by atoms with van der Waals surface area (Å²) in [6.07, 6.45) is 5.45. The third-order valence-corrected chi connectivity index (χ3v) is 5.34. The maximum Gasteiger partial charge on any atom is 0.260 e. The quantitative estimate of drug-likeness (QED) is 0.632. The Hall–Kier alpha value is -3.28. The summed E-state index contributed by atoms with van der Waals surface area (Å²) in [6, 6.07) is 13.9. The minimum Gasteiger partial charge on any atom is -0.484 e. The van der Waals surface area contributed by atoms with Crippen molar-refractivity contribution in [2.45, 2.75) is 25.7 Å². The molecule has 5 nitrogen and oxygen atoms in total. The SMILES string of the molecule is Cc1cccc(-c2cncc([C@H]3CCCN(C(=O)COc4ccc(F)cc4)C3)n2)c1. The predicted molar refractivity (Wildman–Crippen MR) is 113 cm³/mol.